The van der Waals surface area contributed by atoms with Crippen molar-refractivity contribution in [3.05, 3.63) is 63.1 Å². The third kappa shape index (κ3) is 3.54. The largest absolute Gasteiger partial charge is 0.279 e. The van der Waals surface area contributed by atoms with Crippen LogP contribution in [0.1, 0.15) is 18.4 Å². The van der Waals surface area contributed by atoms with E-state index in [0.29, 0.717) is 40.2 Å². The molecule has 2 aromatic carbocycles. The Morgan fingerprint density at radius 2 is 1.79 bits per heavy atom. The van der Waals surface area contributed by atoms with Crippen LogP contribution in [0.15, 0.2) is 52.5 Å². The average Bonchev–Trinajstić information content (AvgIpc) is 2.57. The molecule has 8 heteroatoms. The summed E-state index contributed by atoms with van der Waals surface area (Å²) in [7, 11) is -3.74. The fourth-order valence-electron chi connectivity index (χ4n) is 2.42. The highest BCUT2D eigenvalue weighted by molar-refractivity contribution is 7.89. The van der Waals surface area contributed by atoms with Crippen LogP contribution < -0.4 is 0 Å². The first-order chi connectivity index (χ1) is 11.4. The summed E-state index contributed by atoms with van der Waals surface area (Å²) in [4.78, 5) is 0.120. The highest BCUT2D eigenvalue weighted by Crippen LogP contribution is 2.27. The van der Waals surface area contributed by atoms with Gasteiger partial charge in [-0.15, -0.1) is 0 Å². The van der Waals surface area contributed by atoms with Gasteiger partial charge in [-0.25, -0.2) is 0 Å². The summed E-state index contributed by atoms with van der Waals surface area (Å²) in [6, 6.07) is 11.3. The molecule has 24 heavy (non-hydrogen) atoms. The molecule has 0 saturated carbocycles. The van der Waals surface area contributed by atoms with Crippen LogP contribution in [-0.4, -0.2) is 25.1 Å². The standard InChI is InChI=1S/C16H13Cl3N2O2S/c17-12-3-1-4-13(10-12)24(22,23)21-8-2-5-16(20-21)11-6-7-14(18)15(19)9-11/h1,3-4,6-7,9-10H,2,5,8H2. The molecule has 0 aliphatic carbocycles. The first-order valence-corrected chi connectivity index (χ1v) is 9.76. The van der Waals surface area contributed by atoms with Gasteiger partial charge in [0.15, 0.2) is 0 Å². The molecule has 0 amide bonds. The summed E-state index contributed by atoms with van der Waals surface area (Å²) in [6.45, 7) is 0.319. The Hall–Kier alpha value is -1.27. The second-order valence-electron chi connectivity index (χ2n) is 5.29. The molecule has 0 saturated heterocycles. The fourth-order valence-corrected chi connectivity index (χ4v) is 4.32. The van der Waals surface area contributed by atoms with Gasteiger partial charge in [0.05, 0.1) is 27.2 Å². The van der Waals surface area contributed by atoms with Crippen molar-refractivity contribution < 1.29 is 8.42 Å². The van der Waals surface area contributed by atoms with Crippen LogP contribution >= 0.6 is 34.8 Å². The molecule has 2 aromatic rings. The number of hydrazone groups is 1. The molecule has 1 heterocycles. The van der Waals surface area contributed by atoms with Crippen molar-refractivity contribution in [1.82, 2.24) is 4.41 Å². The lowest BCUT2D eigenvalue weighted by atomic mass is 10.1. The summed E-state index contributed by atoms with van der Waals surface area (Å²) >= 11 is 17.9. The molecule has 1 aliphatic rings. The van der Waals surface area contributed by atoms with E-state index in [9.17, 15) is 8.42 Å². The maximum absolute atomic E-state index is 12.8. The van der Waals surface area contributed by atoms with E-state index in [1.807, 2.05) is 0 Å². The minimum Gasteiger partial charge on any atom is -0.200 e. The van der Waals surface area contributed by atoms with Gasteiger partial charge in [-0.3, -0.25) is 0 Å². The number of hydrogen-bond acceptors (Lipinski definition) is 3. The molecule has 4 nitrogen and oxygen atoms in total. The number of rotatable bonds is 3. The molecular formula is C16H13Cl3N2O2S. The normalized spacial score (nSPS) is 15.3. The van der Waals surface area contributed by atoms with Gasteiger partial charge >= 0.3 is 0 Å². The molecule has 1 aliphatic heterocycles. The van der Waals surface area contributed by atoms with E-state index in [2.05, 4.69) is 5.10 Å². The molecule has 0 radical (unpaired) electrons. The van der Waals surface area contributed by atoms with Crippen molar-refractivity contribution in [2.75, 3.05) is 6.54 Å². The number of halogens is 3. The highest BCUT2D eigenvalue weighted by Gasteiger charge is 2.26. The van der Waals surface area contributed by atoms with E-state index in [1.54, 1.807) is 30.3 Å². The van der Waals surface area contributed by atoms with Crippen molar-refractivity contribution >= 4 is 50.5 Å². The number of sulfonamides is 1. The minimum absolute atomic E-state index is 0.120. The summed E-state index contributed by atoms with van der Waals surface area (Å²) in [5, 5.41) is 5.53. The molecule has 126 valence electrons. The molecule has 0 N–H and O–H groups in total. The zero-order valence-electron chi connectivity index (χ0n) is 12.4. The lowest BCUT2D eigenvalue weighted by Gasteiger charge is -2.25. The smallest absolute Gasteiger partial charge is 0.200 e. The van der Waals surface area contributed by atoms with Gasteiger partial charge in [0, 0.05) is 5.02 Å². The van der Waals surface area contributed by atoms with E-state index < -0.39 is 10.0 Å². The van der Waals surface area contributed by atoms with E-state index in [1.165, 1.54) is 12.1 Å². The maximum Gasteiger partial charge on any atom is 0.279 e. The predicted molar refractivity (Wildman–Crippen MR) is 97.6 cm³/mol. The van der Waals surface area contributed by atoms with Crippen LogP contribution in [0.4, 0.5) is 0 Å². The Balaban J connectivity index is 1.98. The molecule has 0 fully saturated rings. The molecule has 0 unspecified atom stereocenters. The van der Waals surface area contributed by atoms with E-state index in [4.69, 9.17) is 34.8 Å². The van der Waals surface area contributed by atoms with Crippen molar-refractivity contribution in [3.63, 3.8) is 0 Å². The summed E-state index contributed by atoms with van der Waals surface area (Å²) < 4.78 is 26.6. The lowest BCUT2D eigenvalue weighted by Crippen LogP contribution is -2.32. The second kappa shape index (κ2) is 6.92. The van der Waals surface area contributed by atoms with Gasteiger partial charge in [0.25, 0.3) is 10.0 Å². The Morgan fingerprint density at radius 1 is 1.00 bits per heavy atom. The van der Waals surface area contributed by atoms with Crippen molar-refractivity contribution in [2.24, 2.45) is 5.10 Å². The Bertz CT molecular complexity index is 913. The molecular weight excluding hydrogens is 391 g/mol. The van der Waals surface area contributed by atoms with Crippen molar-refractivity contribution in [1.29, 1.82) is 0 Å². The summed E-state index contributed by atoms with van der Waals surface area (Å²) in [6.07, 6.45) is 1.33. The fraction of sp³-hybridized carbons (Fsp3) is 0.188. The van der Waals surface area contributed by atoms with E-state index in [-0.39, 0.29) is 4.90 Å². The van der Waals surface area contributed by atoms with E-state index >= 15 is 0 Å². The first-order valence-electron chi connectivity index (χ1n) is 7.19. The number of benzene rings is 2. The van der Waals surface area contributed by atoms with Gasteiger partial charge in [-0.05, 0) is 48.7 Å². The van der Waals surface area contributed by atoms with Crippen molar-refractivity contribution in [2.45, 2.75) is 17.7 Å². The van der Waals surface area contributed by atoms with Gasteiger partial charge in [0.1, 0.15) is 0 Å². The SMILES string of the molecule is O=S(=O)(c1cccc(Cl)c1)N1CCCC(c2ccc(Cl)c(Cl)c2)=N1. The lowest BCUT2D eigenvalue weighted by molar-refractivity contribution is 0.410. The summed E-state index contributed by atoms with van der Waals surface area (Å²) in [5.74, 6) is 0. The molecule has 0 spiro atoms. The van der Waals surface area contributed by atoms with Crippen LogP contribution in [0, 0.1) is 0 Å². The monoisotopic (exact) mass is 402 g/mol. The number of hydrogen-bond donors (Lipinski definition) is 0. The zero-order chi connectivity index (χ0) is 17.3. The zero-order valence-corrected chi connectivity index (χ0v) is 15.5. The van der Waals surface area contributed by atoms with Crippen LogP contribution in [0.2, 0.25) is 15.1 Å². The Morgan fingerprint density at radius 3 is 2.50 bits per heavy atom. The minimum atomic E-state index is -3.74. The third-order valence-corrected chi connectivity index (χ3v) is 6.26. The van der Waals surface area contributed by atoms with Gasteiger partial charge in [-0.2, -0.15) is 17.9 Å². The Labute approximate surface area is 155 Å². The van der Waals surface area contributed by atoms with Crippen molar-refractivity contribution in [3.8, 4) is 0 Å². The average molecular weight is 404 g/mol. The number of nitrogens with zero attached hydrogens (tertiary/aromatic N) is 2. The first kappa shape index (κ1) is 17.5. The van der Waals surface area contributed by atoms with E-state index in [0.717, 1.165) is 9.98 Å². The van der Waals surface area contributed by atoms with Gasteiger partial charge in [0.2, 0.25) is 0 Å². The summed E-state index contributed by atoms with van der Waals surface area (Å²) in [5.41, 5.74) is 1.42. The van der Waals surface area contributed by atoms with Gasteiger partial charge in [-0.1, -0.05) is 46.9 Å². The quantitative estimate of drug-likeness (QED) is 0.736. The van der Waals surface area contributed by atoms with Crippen LogP contribution in [0.25, 0.3) is 0 Å². The van der Waals surface area contributed by atoms with Crippen LogP contribution in [0.5, 0.6) is 0 Å². The topological polar surface area (TPSA) is 49.7 Å². The van der Waals surface area contributed by atoms with Crippen LogP contribution in [-0.2, 0) is 10.0 Å². The molecule has 3 rings (SSSR count). The maximum atomic E-state index is 12.8. The Kier molecular flexibility index (Phi) is 5.06. The molecule has 0 atom stereocenters. The molecule has 0 bridgehead atoms. The highest BCUT2D eigenvalue weighted by atomic mass is 35.5. The van der Waals surface area contributed by atoms with Crippen LogP contribution in [0.3, 0.4) is 0 Å². The second-order valence-corrected chi connectivity index (χ2v) is 8.38. The molecule has 0 aromatic heterocycles. The third-order valence-electron chi connectivity index (χ3n) is 3.62. The van der Waals surface area contributed by atoms with Gasteiger partial charge < -0.3 is 0 Å². The predicted octanol–water partition coefficient (Wildman–Crippen LogP) is 4.84.